The molecule has 0 heterocycles. The van der Waals surface area contributed by atoms with Gasteiger partial charge in [-0.1, -0.05) is 30.7 Å². The normalized spacial score (nSPS) is 16.3. The Morgan fingerprint density at radius 3 is 2.46 bits per heavy atom. The van der Waals surface area contributed by atoms with E-state index in [0.717, 1.165) is 50.3 Å². The number of allylic oxidation sites excluding steroid dienone is 1. The van der Waals surface area contributed by atoms with Gasteiger partial charge in [-0.2, -0.15) is 13.2 Å². The zero-order valence-electron chi connectivity index (χ0n) is 13.1. The maximum atomic E-state index is 12.9. The van der Waals surface area contributed by atoms with Gasteiger partial charge in [0.1, 0.15) is 12.5 Å². The number of carbonyl (C=O) groups excluding carboxylic acids is 2. The first-order valence-electron chi connectivity index (χ1n) is 7.93. The minimum atomic E-state index is -4.50. The van der Waals surface area contributed by atoms with Crippen LogP contribution in [0.4, 0.5) is 13.2 Å². The molecule has 0 amide bonds. The van der Waals surface area contributed by atoms with Crippen LogP contribution in [0, 0.1) is 0 Å². The number of hydrogen-bond donors (Lipinski definition) is 0. The largest absolute Gasteiger partial charge is 0.462 e. The molecule has 1 saturated carbocycles. The average Bonchev–Trinajstić information content (AvgIpc) is 2.53. The molecule has 1 aliphatic rings. The Morgan fingerprint density at radius 1 is 1.12 bits per heavy atom. The van der Waals surface area contributed by atoms with Gasteiger partial charge in [-0.25, -0.2) is 0 Å². The van der Waals surface area contributed by atoms with E-state index in [0.29, 0.717) is 0 Å². The van der Waals surface area contributed by atoms with Gasteiger partial charge in [0, 0.05) is 0 Å². The van der Waals surface area contributed by atoms with Gasteiger partial charge in [-0.05, 0) is 43.4 Å². The van der Waals surface area contributed by atoms with Crippen molar-refractivity contribution in [3.05, 3.63) is 41.5 Å². The van der Waals surface area contributed by atoms with E-state index in [4.69, 9.17) is 4.74 Å². The summed E-state index contributed by atoms with van der Waals surface area (Å²) in [7, 11) is 0. The van der Waals surface area contributed by atoms with Crippen LogP contribution < -0.4 is 0 Å². The molecule has 0 atom stereocenters. The molecular formula is C18H19F3O3. The molecule has 1 fully saturated rings. The van der Waals surface area contributed by atoms with E-state index in [1.807, 2.05) is 0 Å². The van der Waals surface area contributed by atoms with Gasteiger partial charge in [-0.15, -0.1) is 0 Å². The second-order valence-electron chi connectivity index (χ2n) is 5.81. The van der Waals surface area contributed by atoms with E-state index in [2.05, 4.69) is 0 Å². The molecule has 0 bridgehead atoms. The number of ketones is 1. The van der Waals surface area contributed by atoms with Crippen LogP contribution in [0.15, 0.2) is 30.3 Å². The number of esters is 1. The van der Waals surface area contributed by atoms with Crippen molar-refractivity contribution in [1.29, 1.82) is 0 Å². The minimum Gasteiger partial charge on any atom is -0.462 e. The van der Waals surface area contributed by atoms with E-state index in [1.54, 1.807) is 0 Å². The van der Waals surface area contributed by atoms with Crippen LogP contribution in [0.25, 0.3) is 6.08 Å². The van der Waals surface area contributed by atoms with Crippen molar-refractivity contribution < 1.29 is 27.5 Å². The highest BCUT2D eigenvalue weighted by Crippen LogP contribution is 2.32. The topological polar surface area (TPSA) is 43.4 Å². The van der Waals surface area contributed by atoms with E-state index in [9.17, 15) is 22.8 Å². The summed E-state index contributed by atoms with van der Waals surface area (Å²) in [5.41, 5.74) is -0.933. The van der Waals surface area contributed by atoms with Crippen molar-refractivity contribution in [3.63, 3.8) is 0 Å². The third-order valence-corrected chi connectivity index (χ3v) is 3.88. The molecule has 3 nitrogen and oxygen atoms in total. The molecule has 1 aromatic carbocycles. The lowest BCUT2D eigenvalue weighted by Crippen LogP contribution is -2.22. The van der Waals surface area contributed by atoms with Gasteiger partial charge in [0.05, 0.1) is 5.56 Å². The van der Waals surface area contributed by atoms with Crippen molar-refractivity contribution in [2.24, 2.45) is 0 Å². The summed E-state index contributed by atoms with van der Waals surface area (Å²) in [6, 6.07) is 4.95. The number of alkyl halides is 3. The van der Waals surface area contributed by atoms with Crippen molar-refractivity contribution in [2.45, 2.75) is 50.8 Å². The van der Waals surface area contributed by atoms with Crippen LogP contribution >= 0.6 is 0 Å². The van der Waals surface area contributed by atoms with Gasteiger partial charge in [0.2, 0.25) is 0 Å². The summed E-state index contributed by atoms with van der Waals surface area (Å²) in [5.74, 6) is -1.20. The van der Waals surface area contributed by atoms with Gasteiger partial charge in [-0.3, -0.25) is 9.59 Å². The highest BCUT2D eigenvalue weighted by atomic mass is 19.4. The monoisotopic (exact) mass is 340 g/mol. The quantitative estimate of drug-likeness (QED) is 0.448. The SMILES string of the molecule is O=C(C=Cc1ccccc1C(F)(F)F)CC(=O)OC1CCCCC1. The molecule has 0 aromatic heterocycles. The maximum absolute atomic E-state index is 12.9. The van der Waals surface area contributed by atoms with E-state index in [1.165, 1.54) is 18.2 Å². The highest BCUT2D eigenvalue weighted by Gasteiger charge is 2.32. The number of carbonyl (C=O) groups is 2. The zero-order valence-corrected chi connectivity index (χ0v) is 13.1. The summed E-state index contributed by atoms with van der Waals surface area (Å²) in [5, 5.41) is 0. The van der Waals surface area contributed by atoms with E-state index < -0.39 is 29.9 Å². The van der Waals surface area contributed by atoms with Crippen LogP contribution in [-0.2, 0) is 20.5 Å². The molecule has 24 heavy (non-hydrogen) atoms. The molecule has 2 rings (SSSR count). The summed E-state index contributed by atoms with van der Waals surface area (Å²) < 4.78 is 43.8. The molecule has 130 valence electrons. The first-order chi connectivity index (χ1) is 11.4. The first kappa shape index (κ1) is 18.2. The molecule has 6 heteroatoms. The third kappa shape index (κ3) is 5.51. The Labute approximate surface area is 138 Å². The summed E-state index contributed by atoms with van der Waals surface area (Å²) in [6.07, 6.45) is 1.70. The van der Waals surface area contributed by atoms with Crippen LogP contribution in [0.3, 0.4) is 0 Å². The third-order valence-electron chi connectivity index (χ3n) is 3.88. The molecule has 0 saturated heterocycles. The molecule has 0 N–H and O–H groups in total. The maximum Gasteiger partial charge on any atom is 0.416 e. The zero-order chi connectivity index (χ0) is 17.6. The number of benzene rings is 1. The highest BCUT2D eigenvalue weighted by molar-refractivity contribution is 6.04. The Kier molecular flexibility index (Phi) is 6.17. The standard InChI is InChI=1S/C18H19F3O3/c19-18(20,21)16-9-5-4-6-13(16)10-11-14(22)12-17(23)24-15-7-2-1-3-8-15/h4-6,9-11,15H,1-3,7-8,12H2. The number of rotatable bonds is 5. The fourth-order valence-electron chi connectivity index (χ4n) is 2.69. The Morgan fingerprint density at radius 2 is 1.79 bits per heavy atom. The van der Waals surface area contributed by atoms with E-state index in [-0.39, 0.29) is 11.7 Å². The minimum absolute atomic E-state index is 0.112. The Hall–Kier alpha value is -2.11. The van der Waals surface area contributed by atoms with Gasteiger partial charge in [0.15, 0.2) is 5.78 Å². The predicted molar refractivity (Wildman–Crippen MR) is 83.1 cm³/mol. The van der Waals surface area contributed by atoms with Gasteiger partial charge >= 0.3 is 12.1 Å². The molecule has 0 unspecified atom stereocenters. The first-order valence-corrected chi connectivity index (χ1v) is 7.93. The second kappa shape index (κ2) is 8.13. The molecule has 0 radical (unpaired) electrons. The lowest BCUT2D eigenvalue weighted by atomic mass is 9.98. The molecule has 1 aromatic rings. The fourth-order valence-corrected chi connectivity index (χ4v) is 2.69. The predicted octanol–water partition coefficient (Wildman–Crippen LogP) is 4.55. The number of halogens is 3. The van der Waals surface area contributed by atoms with Crippen molar-refractivity contribution >= 4 is 17.8 Å². The van der Waals surface area contributed by atoms with Crippen molar-refractivity contribution in [2.75, 3.05) is 0 Å². The average molecular weight is 340 g/mol. The van der Waals surface area contributed by atoms with Crippen LogP contribution in [0.2, 0.25) is 0 Å². The number of ether oxygens (including phenoxy) is 1. The number of hydrogen-bond acceptors (Lipinski definition) is 3. The van der Waals surface area contributed by atoms with Gasteiger partial charge in [0.25, 0.3) is 0 Å². The fraction of sp³-hybridized carbons (Fsp3) is 0.444. The molecular weight excluding hydrogens is 321 g/mol. The lowest BCUT2D eigenvalue weighted by Gasteiger charge is -2.21. The Balaban J connectivity index is 1.92. The van der Waals surface area contributed by atoms with Gasteiger partial charge < -0.3 is 4.74 Å². The smallest absolute Gasteiger partial charge is 0.416 e. The molecule has 0 spiro atoms. The summed E-state index contributed by atoms with van der Waals surface area (Å²) >= 11 is 0. The van der Waals surface area contributed by atoms with Crippen molar-refractivity contribution in [1.82, 2.24) is 0 Å². The summed E-state index contributed by atoms with van der Waals surface area (Å²) in [6.45, 7) is 0. The second-order valence-corrected chi connectivity index (χ2v) is 5.81. The van der Waals surface area contributed by atoms with Crippen molar-refractivity contribution in [3.8, 4) is 0 Å². The molecule has 1 aliphatic carbocycles. The molecule has 0 aliphatic heterocycles. The van der Waals surface area contributed by atoms with Crippen LogP contribution in [0.1, 0.15) is 49.7 Å². The summed E-state index contributed by atoms with van der Waals surface area (Å²) in [4.78, 5) is 23.5. The van der Waals surface area contributed by atoms with Crippen LogP contribution in [0.5, 0.6) is 0 Å². The van der Waals surface area contributed by atoms with Crippen LogP contribution in [-0.4, -0.2) is 17.9 Å². The lowest BCUT2D eigenvalue weighted by molar-refractivity contribution is -0.151. The van der Waals surface area contributed by atoms with E-state index >= 15 is 0 Å². The Bertz CT molecular complexity index is 614.